The Morgan fingerprint density at radius 2 is 2.24 bits per heavy atom. The Hall–Kier alpha value is -1.33. The lowest BCUT2D eigenvalue weighted by Gasteiger charge is -2.22. The van der Waals surface area contributed by atoms with E-state index < -0.39 is 0 Å². The summed E-state index contributed by atoms with van der Waals surface area (Å²) in [5, 5.41) is 0. The molecular weight excluding hydrogens is 272 g/mol. The average molecular weight is 296 g/mol. The van der Waals surface area contributed by atoms with Gasteiger partial charge in [-0.2, -0.15) is 0 Å². The molecule has 1 unspecified atom stereocenters. The number of hydrogen-bond donors (Lipinski definition) is 0. The summed E-state index contributed by atoms with van der Waals surface area (Å²) in [6.07, 6.45) is 7.34. The summed E-state index contributed by atoms with van der Waals surface area (Å²) in [5.74, 6) is 0.706. The van der Waals surface area contributed by atoms with Crippen LogP contribution in [-0.4, -0.2) is 19.5 Å². The molecule has 0 aliphatic carbocycles. The van der Waals surface area contributed by atoms with Crippen LogP contribution < -0.4 is 10.2 Å². The number of unbranched alkanes of at least 4 members (excludes halogenated alkanes) is 2. The molecule has 1 aromatic heterocycles. The van der Waals surface area contributed by atoms with Crippen molar-refractivity contribution in [3.8, 4) is 5.75 Å². The zero-order chi connectivity index (χ0) is 14.9. The molecule has 0 saturated carbocycles. The van der Waals surface area contributed by atoms with E-state index in [2.05, 4.69) is 6.92 Å². The first-order valence-electron chi connectivity index (χ1n) is 7.78. The van der Waals surface area contributed by atoms with Crippen molar-refractivity contribution in [2.45, 2.75) is 58.3 Å². The van der Waals surface area contributed by atoms with Gasteiger partial charge in [-0.15, -0.1) is 0 Å². The molecule has 0 spiro atoms. The third-order valence-electron chi connectivity index (χ3n) is 3.44. The Balaban J connectivity index is 1.91. The lowest BCUT2D eigenvalue weighted by Crippen LogP contribution is -2.22. The second-order valence-electron chi connectivity index (χ2n) is 5.20. The summed E-state index contributed by atoms with van der Waals surface area (Å²) in [7, 11) is 0. The van der Waals surface area contributed by atoms with Gasteiger partial charge in [-0.3, -0.25) is 4.79 Å². The highest BCUT2D eigenvalue weighted by atomic mass is 16.7. The molecule has 1 aliphatic rings. The first-order valence-corrected chi connectivity index (χ1v) is 7.78. The van der Waals surface area contributed by atoms with E-state index in [1.165, 1.54) is 12.3 Å². The van der Waals surface area contributed by atoms with E-state index >= 15 is 0 Å². The normalized spacial score (nSPS) is 18.6. The third kappa shape index (κ3) is 5.17. The van der Waals surface area contributed by atoms with Gasteiger partial charge in [-0.25, -0.2) is 0 Å². The Labute approximate surface area is 125 Å². The molecule has 1 atom stereocenters. The Bertz CT molecular complexity index is 462. The van der Waals surface area contributed by atoms with Crippen molar-refractivity contribution in [3.63, 3.8) is 0 Å². The summed E-state index contributed by atoms with van der Waals surface area (Å²) in [6, 6.07) is 1.37. The lowest BCUT2D eigenvalue weighted by molar-refractivity contribution is -0.171. The standard InChI is InChI=1S/C16H24O5/c1-2-3-5-10-20-16-13(17)8-11-18-14(16)12-21-15-7-4-6-9-19-15/h8,11,15H,2-7,9-10,12H2,1H3. The minimum atomic E-state index is -0.211. The van der Waals surface area contributed by atoms with E-state index in [0.717, 1.165) is 45.1 Å². The van der Waals surface area contributed by atoms with Gasteiger partial charge in [0.1, 0.15) is 6.61 Å². The maximum absolute atomic E-state index is 11.9. The second-order valence-corrected chi connectivity index (χ2v) is 5.20. The topological polar surface area (TPSA) is 57.9 Å². The molecule has 0 amide bonds. The molecule has 5 heteroatoms. The van der Waals surface area contributed by atoms with E-state index in [9.17, 15) is 4.79 Å². The molecule has 1 aromatic rings. The molecule has 118 valence electrons. The fraction of sp³-hybridized carbons (Fsp3) is 0.688. The average Bonchev–Trinajstić information content (AvgIpc) is 2.52. The van der Waals surface area contributed by atoms with Gasteiger partial charge >= 0.3 is 0 Å². The fourth-order valence-electron chi connectivity index (χ4n) is 2.23. The van der Waals surface area contributed by atoms with E-state index in [1.807, 2.05) is 0 Å². The van der Waals surface area contributed by atoms with Gasteiger partial charge in [0, 0.05) is 12.7 Å². The van der Waals surface area contributed by atoms with Gasteiger partial charge in [0.05, 0.1) is 12.9 Å². The van der Waals surface area contributed by atoms with Crippen LogP contribution in [0.1, 0.15) is 51.2 Å². The van der Waals surface area contributed by atoms with Crippen LogP contribution in [0.2, 0.25) is 0 Å². The van der Waals surface area contributed by atoms with Gasteiger partial charge in [0.25, 0.3) is 0 Å². The number of rotatable bonds is 8. The minimum Gasteiger partial charge on any atom is -0.486 e. The smallest absolute Gasteiger partial charge is 0.227 e. The Kier molecular flexibility index (Phi) is 6.76. The van der Waals surface area contributed by atoms with Crippen molar-refractivity contribution >= 4 is 0 Å². The highest BCUT2D eigenvalue weighted by molar-refractivity contribution is 5.24. The van der Waals surface area contributed by atoms with Crippen LogP contribution >= 0.6 is 0 Å². The molecule has 2 rings (SSSR count). The fourth-order valence-corrected chi connectivity index (χ4v) is 2.23. The predicted molar refractivity (Wildman–Crippen MR) is 78.4 cm³/mol. The maximum Gasteiger partial charge on any atom is 0.227 e. The second kappa shape index (κ2) is 8.85. The first-order chi connectivity index (χ1) is 10.3. The van der Waals surface area contributed by atoms with Gasteiger partial charge < -0.3 is 18.6 Å². The lowest BCUT2D eigenvalue weighted by atomic mass is 10.2. The van der Waals surface area contributed by atoms with Crippen LogP contribution in [-0.2, 0) is 16.1 Å². The van der Waals surface area contributed by atoms with Crippen LogP contribution in [0.4, 0.5) is 0 Å². The molecule has 2 heterocycles. The Morgan fingerprint density at radius 3 is 3.00 bits per heavy atom. The van der Waals surface area contributed by atoms with Crippen molar-refractivity contribution in [2.24, 2.45) is 0 Å². The molecule has 1 aliphatic heterocycles. The largest absolute Gasteiger partial charge is 0.486 e. The van der Waals surface area contributed by atoms with E-state index in [-0.39, 0.29) is 24.1 Å². The van der Waals surface area contributed by atoms with Crippen LogP contribution in [0.15, 0.2) is 21.5 Å². The summed E-state index contributed by atoms with van der Waals surface area (Å²) in [4.78, 5) is 11.9. The monoisotopic (exact) mass is 296 g/mol. The van der Waals surface area contributed by atoms with Gasteiger partial charge in [-0.05, 0) is 25.7 Å². The Morgan fingerprint density at radius 1 is 1.33 bits per heavy atom. The minimum absolute atomic E-state index is 0.166. The highest BCUT2D eigenvalue weighted by Crippen LogP contribution is 2.19. The molecule has 0 bridgehead atoms. The highest BCUT2D eigenvalue weighted by Gasteiger charge is 2.17. The van der Waals surface area contributed by atoms with Crippen molar-refractivity contribution < 1.29 is 18.6 Å². The molecule has 0 radical (unpaired) electrons. The summed E-state index contributed by atoms with van der Waals surface area (Å²) in [5.41, 5.74) is -0.166. The van der Waals surface area contributed by atoms with E-state index in [1.54, 1.807) is 0 Å². The summed E-state index contributed by atoms with van der Waals surface area (Å²) >= 11 is 0. The molecule has 1 fully saturated rings. The predicted octanol–water partition coefficient (Wildman–Crippen LogP) is 3.25. The SMILES string of the molecule is CCCCCOc1c(COC2CCCCO2)occc1=O. The first kappa shape index (κ1) is 16.0. The van der Waals surface area contributed by atoms with Crippen molar-refractivity contribution in [2.75, 3.05) is 13.2 Å². The van der Waals surface area contributed by atoms with Crippen LogP contribution in [0.5, 0.6) is 5.75 Å². The molecule has 0 aromatic carbocycles. The van der Waals surface area contributed by atoms with Gasteiger partial charge in [0.2, 0.25) is 11.2 Å². The third-order valence-corrected chi connectivity index (χ3v) is 3.44. The molecule has 5 nitrogen and oxygen atoms in total. The van der Waals surface area contributed by atoms with Crippen LogP contribution in [0, 0.1) is 0 Å². The van der Waals surface area contributed by atoms with Crippen molar-refractivity contribution in [1.29, 1.82) is 0 Å². The van der Waals surface area contributed by atoms with E-state index in [0.29, 0.717) is 12.4 Å². The molecule has 21 heavy (non-hydrogen) atoms. The quantitative estimate of drug-likeness (QED) is 0.689. The van der Waals surface area contributed by atoms with Crippen LogP contribution in [0.3, 0.4) is 0 Å². The van der Waals surface area contributed by atoms with Crippen LogP contribution in [0.25, 0.3) is 0 Å². The van der Waals surface area contributed by atoms with Crippen molar-refractivity contribution in [3.05, 3.63) is 28.3 Å². The molecule has 0 N–H and O–H groups in total. The van der Waals surface area contributed by atoms with E-state index in [4.69, 9.17) is 18.6 Å². The summed E-state index contributed by atoms with van der Waals surface area (Å²) < 4.78 is 22.1. The number of ether oxygens (including phenoxy) is 3. The van der Waals surface area contributed by atoms with Gasteiger partial charge in [0.15, 0.2) is 12.1 Å². The zero-order valence-corrected chi connectivity index (χ0v) is 12.6. The summed E-state index contributed by atoms with van der Waals surface area (Å²) in [6.45, 7) is 3.57. The number of hydrogen-bond acceptors (Lipinski definition) is 5. The maximum atomic E-state index is 11.9. The molecular formula is C16H24O5. The van der Waals surface area contributed by atoms with Gasteiger partial charge in [-0.1, -0.05) is 19.8 Å². The molecule has 1 saturated heterocycles. The zero-order valence-electron chi connectivity index (χ0n) is 12.6. The van der Waals surface area contributed by atoms with Crippen molar-refractivity contribution in [1.82, 2.24) is 0 Å².